The van der Waals surface area contributed by atoms with E-state index in [9.17, 15) is 4.79 Å². The standard InChI is InChI=1S/C20H22N4O/c1-24-15-18(14-23-24)19-11-10-17(12-21-19)13-22-20(25)9-5-8-16-6-3-2-4-7-16/h2-4,6-7,10-12,14-15H,5,8-9,13H2,1H3,(H,22,25). The molecule has 0 fully saturated rings. The molecule has 1 aromatic carbocycles. The molecule has 2 aromatic heterocycles. The molecule has 0 atom stereocenters. The van der Waals surface area contributed by atoms with Gasteiger partial charge in [0.25, 0.3) is 0 Å². The van der Waals surface area contributed by atoms with Gasteiger partial charge in [0, 0.05) is 38.0 Å². The average Bonchev–Trinajstić information content (AvgIpc) is 3.08. The number of amides is 1. The van der Waals surface area contributed by atoms with Gasteiger partial charge in [-0.1, -0.05) is 36.4 Å². The van der Waals surface area contributed by atoms with Crippen LogP contribution in [0.5, 0.6) is 0 Å². The zero-order valence-electron chi connectivity index (χ0n) is 14.4. The summed E-state index contributed by atoms with van der Waals surface area (Å²) in [5.41, 5.74) is 4.12. The first kappa shape index (κ1) is 16.9. The van der Waals surface area contributed by atoms with Crippen molar-refractivity contribution in [1.82, 2.24) is 20.1 Å². The van der Waals surface area contributed by atoms with Crippen molar-refractivity contribution in [2.45, 2.75) is 25.8 Å². The van der Waals surface area contributed by atoms with Crippen LogP contribution in [0.3, 0.4) is 0 Å². The maximum Gasteiger partial charge on any atom is 0.220 e. The molecule has 0 aliphatic carbocycles. The fourth-order valence-electron chi connectivity index (χ4n) is 2.64. The van der Waals surface area contributed by atoms with Crippen molar-refractivity contribution in [2.24, 2.45) is 7.05 Å². The summed E-state index contributed by atoms with van der Waals surface area (Å²) in [6.07, 6.45) is 7.83. The molecule has 2 heterocycles. The van der Waals surface area contributed by atoms with E-state index in [1.165, 1.54) is 5.56 Å². The van der Waals surface area contributed by atoms with Gasteiger partial charge in [-0.3, -0.25) is 14.5 Å². The van der Waals surface area contributed by atoms with E-state index in [-0.39, 0.29) is 5.91 Å². The van der Waals surface area contributed by atoms with E-state index < -0.39 is 0 Å². The highest BCUT2D eigenvalue weighted by molar-refractivity contribution is 5.75. The van der Waals surface area contributed by atoms with Crippen LogP contribution in [0, 0.1) is 0 Å². The first-order chi connectivity index (χ1) is 12.2. The molecule has 0 spiro atoms. The molecular formula is C20H22N4O. The Balaban J connectivity index is 1.42. The lowest BCUT2D eigenvalue weighted by Gasteiger charge is -2.06. The number of carbonyl (C=O) groups excluding carboxylic acids is 1. The molecule has 1 N–H and O–H groups in total. The van der Waals surface area contributed by atoms with Crippen molar-refractivity contribution in [1.29, 1.82) is 0 Å². The van der Waals surface area contributed by atoms with Gasteiger partial charge in [0.05, 0.1) is 11.9 Å². The molecule has 3 aromatic rings. The van der Waals surface area contributed by atoms with Crippen molar-refractivity contribution in [3.8, 4) is 11.3 Å². The highest BCUT2D eigenvalue weighted by Crippen LogP contribution is 2.15. The summed E-state index contributed by atoms with van der Waals surface area (Å²) in [6.45, 7) is 0.504. The Bertz CT molecular complexity index is 809. The first-order valence-corrected chi connectivity index (χ1v) is 8.45. The summed E-state index contributed by atoms with van der Waals surface area (Å²) in [5, 5.41) is 7.10. The highest BCUT2D eigenvalue weighted by Gasteiger charge is 2.04. The Morgan fingerprint density at radius 3 is 2.60 bits per heavy atom. The Morgan fingerprint density at radius 1 is 1.08 bits per heavy atom. The second kappa shape index (κ2) is 8.24. The molecule has 0 bridgehead atoms. The minimum absolute atomic E-state index is 0.0762. The van der Waals surface area contributed by atoms with Crippen LogP contribution >= 0.6 is 0 Å². The summed E-state index contributed by atoms with van der Waals surface area (Å²) in [5.74, 6) is 0.0762. The van der Waals surface area contributed by atoms with Gasteiger partial charge < -0.3 is 5.32 Å². The van der Waals surface area contributed by atoms with Gasteiger partial charge in [-0.2, -0.15) is 5.10 Å². The second-order valence-electron chi connectivity index (χ2n) is 6.07. The van der Waals surface area contributed by atoms with E-state index in [2.05, 4.69) is 27.5 Å². The molecule has 0 radical (unpaired) electrons. The lowest BCUT2D eigenvalue weighted by molar-refractivity contribution is -0.121. The van der Waals surface area contributed by atoms with Crippen LogP contribution in [0.4, 0.5) is 0 Å². The maximum absolute atomic E-state index is 12.0. The molecule has 0 saturated carbocycles. The number of aryl methyl sites for hydroxylation is 2. The number of hydrogen-bond donors (Lipinski definition) is 1. The van der Waals surface area contributed by atoms with Crippen LogP contribution in [0.2, 0.25) is 0 Å². The fourth-order valence-corrected chi connectivity index (χ4v) is 2.64. The van der Waals surface area contributed by atoms with Crippen molar-refractivity contribution >= 4 is 5.91 Å². The summed E-state index contributed by atoms with van der Waals surface area (Å²) in [4.78, 5) is 16.4. The van der Waals surface area contributed by atoms with E-state index >= 15 is 0 Å². The van der Waals surface area contributed by atoms with E-state index in [1.807, 2.05) is 43.6 Å². The molecule has 128 valence electrons. The third kappa shape index (κ3) is 5.01. The van der Waals surface area contributed by atoms with Crippen molar-refractivity contribution in [3.05, 3.63) is 72.2 Å². The number of nitrogens with zero attached hydrogens (tertiary/aromatic N) is 3. The highest BCUT2D eigenvalue weighted by atomic mass is 16.1. The van der Waals surface area contributed by atoms with Gasteiger partial charge in [-0.05, 0) is 30.0 Å². The number of aromatic nitrogens is 3. The molecular weight excluding hydrogens is 312 g/mol. The largest absolute Gasteiger partial charge is 0.352 e. The first-order valence-electron chi connectivity index (χ1n) is 8.45. The van der Waals surface area contributed by atoms with Gasteiger partial charge >= 0.3 is 0 Å². The molecule has 3 rings (SSSR count). The maximum atomic E-state index is 12.0. The molecule has 1 amide bonds. The van der Waals surface area contributed by atoms with E-state index in [0.717, 1.165) is 29.7 Å². The molecule has 0 saturated heterocycles. The molecule has 5 heteroatoms. The predicted molar refractivity (Wildman–Crippen MR) is 97.7 cm³/mol. The average molecular weight is 334 g/mol. The lowest BCUT2D eigenvalue weighted by atomic mass is 10.1. The zero-order chi connectivity index (χ0) is 17.5. The number of hydrogen-bond acceptors (Lipinski definition) is 3. The van der Waals surface area contributed by atoms with Gasteiger partial charge in [0.1, 0.15) is 0 Å². The lowest BCUT2D eigenvalue weighted by Crippen LogP contribution is -2.22. The number of nitrogens with one attached hydrogen (secondary N) is 1. The number of pyridine rings is 1. The van der Waals surface area contributed by atoms with Crippen molar-refractivity contribution in [3.63, 3.8) is 0 Å². The molecule has 5 nitrogen and oxygen atoms in total. The van der Waals surface area contributed by atoms with Crippen LogP contribution in [0.25, 0.3) is 11.3 Å². The number of rotatable bonds is 7. The summed E-state index contributed by atoms with van der Waals surface area (Å²) >= 11 is 0. The van der Waals surface area contributed by atoms with E-state index in [4.69, 9.17) is 0 Å². The topological polar surface area (TPSA) is 59.8 Å². The van der Waals surface area contributed by atoms with Gasteiger partial charge in [0.15, 0.2) is 0 Å². The smallest absolute Gasteiger partial charge is 0.220 e. The quantitative estimate of drug-likeness (QED) is 0.722. The van der Waals surface area contributed by atoms with Gasteiger partial charge in [0.2, 0.25) is 5.91 Å². The van der Waals surface area contributed by atoms with Crippen molar-refractivity contribution < 1.29 is 4.79 Å². The Labute approximate surface area is 147 Å². The molecule has 0 unspecified atom stereocenters. The zero-order valence-corrected chi connectivity index (χ0v) is 14.4. The van der Waals surface area contributed by atoms with Gasteiger partial charge in [-0.25, -0.2) is 0 Å². The fraction of sp³-hybridized carbons (Fsp3) is 0.250. The minimum Gasteiger partial charge on any atom is -0.352 e. The van der Waals surface area contributed by atoms with Crippen LogP contribution in [0.1, 0.15) is 24.0 Å². The third-order valence-electron chi connectivity index (χ3n) is 4.03. The van der Waals surface area contributed by atoms with E-state index in [1.54, 1.807) is 17.1 Å². The Kier molecular flexibility index (Phi) is 5.57. The summed E-state index contributed by atoms with van der Waals surface area (Å²) < 4.78 is 1.75. The normalized spacial score (nSPS) is 10.6. The number of benzene rings is 1. The minimum atomic E-state index is 0.0762. The van der Waals surface area contributed by atoms with Crippen LogP contribution in [-0.2, 0) is 24.8 Å². The van der Waals surface area contributed by atoms with Crippen LogP contribution in [0.15, 0.2) is 61.1 Å². The predicted octanol–water partition coefficient (Wildman–Crippen LogP) is 3.12. The Morgan fingerprint density at radius 2 is 1.92 bits per heavy atom. The molecule has 0 aliphatic rings. The molecule has 0 aliphatic heterocycles. The van der Waals surface area contributed by atoms with Gasteiger partial charge in [-0.15, -0.1) is 0 Å². The summed E-state index contributed by atoms with van der Waals surface area (Å²) in [7, 11) is 1.88. The second-order valence-corrected chi connectivity index (χ2v) is 6.07. The SMILES string of the molecule is Cn1cc(-c2ccc(CNC(=O)CCCc3ccccc3)cn2)cn1. The van der Waals surface area contributed by atoms with Crippen LogP contribution in [-0.4, -0.2) is 20.7 Å². The van der Waals surface area contributed by atoms with E-state index in [0.29, 0.717) is 13.0 Å². The van der Waals surface area contributed by atoms with Crippen LogP contribution < -0.4 is 5.32 Å². The third-order valence-corrected chi connectivity index (χ3v) is 4.03. The summed E-state index contributed by atoms with van der Waals surface area (Å²) in [6, 6.07) is 14.2. The number of carbonyl (C=O) groups is 1. The monoisotopic (exact) mass is 334 g/mol. The Hall–Kier alpha value is -2.95. The van der Waals surface area contributed by atoms with Crippen molar-refractivity contribution in [2.75, 3.05) is 0 Å². The molecule has 25 heavy (non-hydrogen) atoms.